The molecule has 2 aromatic heterocycles. The van der Waals surface area contributed by atoms with Gasteiger partial charge in [0.15, 0.2) is 0 Å². The highest BCUT2D eigenvalue weighted by molar-refractivity contribution is 6.06. The maximum atomic E-state index is 12.4. The Labute approximate surface area is 150 Å². The van der Waals surface area contributed by atoms with E-state index in [0.29, 0.717) is 17.0 Å². The van der Waals surface area contributed by atoms with Crippen LogP contribution in [0.2, 0.25) is 0 Å². The second kappa shape index (κ2) is 6.68. The summed E-state index contributed by atoms with van der Waals surface area (Å²) in [4.78, 5) is 21.2. The fourth-order valence-corrected chi connectivity index (χ4v) is 2.77. The predicted octanol–water partition coefficient (Wildman–Crippen LogP) is 3.68. The first-order chi connectivity index (χ1) is 12.8. The number of carbonyl (C=O) groups is 1. The fourth-order valence-electron chi connectivity index (χ4n) is 2.77. The first kappa shape index (κ1) is 15.8. The van der Waals surface area contributed by atoms with Crippen molar-refractivity contribution in [2.24, 2.45) is 0 Å². The van der Waals surface area contributed by atoms with Gasteiger partial charge < -0.3 is 10.1 Å². The van der Waals surface area contributed by atoms with Crippen molar-refractivity contribution in [2.45, 2.75) is 0 Å². The van der Waals surface area contributed by atoms with Gasteiger partial charge in [-0.25, -0.2) is 9.97 Å². The Morgan fingerprint density at radius 3 is 2.62 bits per heavy atom. The number of methoxy groups -OCH3 is 1. The number of fused-ring (bicyclic) bond motifs is 1. The maximum Gasteiger partial charge on any atom is 0.259 e. The summed E-state index contributed by atoms with van der Waals surface area (Å²) in [5, 5.41) is 2.84. The monoisotopic (exact) mass is 344 g/mol. The fraction of sp³-hybridized carbons (Fsp3) is 0.0500. The van der Waals surface area contributed by atoms with Gasteiger partial charge in [0.1, 0.15) is 17.9 Å². The lowest BCUT2D eigenvalue weighted by molar-refractivity contribution is 0.102. The van der Waals surface area contributed by atoms with E-state index in [9.17, 15) is 4.79 Å². The van der Waals surface area contributed by atoms with Gasteiger partial charge in [-0.1, -0.05) is 24.3 Å². The van der Waals surface area contributed by atoms with Crippen molar-refractivity contribution in [1.29, 1.82) is 0 Å². The van der Waals surface area contributed by atoms with E-state index < -0.39 is 0 Å². The number of amides is 1. The molecular weight excluding hydrogens is 328 g/mol. The molecule has 4 rings (SSSR count). The van der Waals surface area contributed by atoms with Gasteiger partial charge in [-0.2, -0.15) is 0 Å². The molecule has 4 aromatic rings. The summed E-state index contributed by atoms with van der Waals surface area (Å²) in [6.07, 6.45) is 3.36. The van der Waals surface area contributed by atoms with E-state index in [-0.39, 0.29) is 5.91 Å². The Hall–Kier alpha value is -3.67. The number of para-hydroxylation sites is 3. The van der Waals surface area contributed by atoms with Crippen molar-refractivity contribution >= 4 is 22.6 Å². The lowest BCUT2D eigenvalue weighted by Crippen LogP contribution is -2.13. The van der Waals surface area contributed by atoms with E-state index in [2.05, 4.69) is 15.3 Å². The highest BCUT2D eigenvalue weighted by Crippen LogP contribution is 2.20. The van der Waals surface area contributed by atoms with Crippen LogP contribution >= 0.6 is 0 Å². The number of benzene rings is 2. The van der Waals surface area contributed by atoms with Gasteiger partial charge in [0, 0.05) is 0 Å². The smallest absolute Gasteiger partial charge is 0.259 e. The first-order valence-corrected chi connectivity index (χ1v) is 8.09. The molecule has 128 valence electrons. The number of anilines is 1. The van der Waals surface area contributed by atoms with E-state index >= 15 is 0 Å². The van der Waals surface area contributed by atoms with Crippen LogP contribution in [0, 0.1) is 0 Å². The zero-order valence-electron chi connectivity index (χ0n) is 14.1. The average molecular weight is 344 g/mol. The van der Waals surface area contributed by atoms with Crippen LogP contribution in [-0.4, -0.2) is 27.6 Å². The largest absolute Gasteiger partial charge is 0.496 e. The first-order valence-electron chi connectivity index (χ1n) is 8.09. The molecule has 0 radical (unpaired) electrons. The van der Waals surface area contributed by atoms with Crippen LogP contribution in [0.15, 0.2) is 73.2 Å². The number of rotatable bonds is 4. The van der Waals surface area contributed by atoms with Crippen molar-refractivity contribution in [3.05, 3.63) is 78.8 Å². The molecule has 2 aromatic carbocycles. The van der Waals surface area contributed by atoms with Crippen molar-refractivity contribution in [2.75, 3.05) is 12.4 Å². The summed E-state index contributed by atoms with van der Waals surface area (Å²) in [5.41, 5.74) is 2.96. The molecule has 0 bridgehead atoms. The van der Waals surface area contributed by atoms with Crippen LogP contribution in [0.4, 0.5) is 5.69 Å². The summed E-state index contributed by atoms with van der Waals surface area (Å²) in [6, 6.07) is 18.6. The number of nitrogens with zero attached hydrogens (tertiary/aromatic N) is 3. The minimum atomic E-state index is -0.245. The van der Waals surface area contributed by atoms with Crippen molar-refractivity contribution in [3.8, 4) is 11.6 Å². The van der Waals surface area contributed by atoms with E-state index in [0.717, 1.165) is 16.9 Å². The number of aromatic nitrogens is 3. The summed E-state index contributed by atoms with van der Waals surface area (Å²) >= 11 is 0. The molecule has 0 atom stereocenters. The molecule has 0 saturated heterocycles. The van der Waals surface area contributed by atoms with Gasteiger partial charge in [0.05, 0.1) is 35.6 Å². The minimum Gasteiger partial charge on any atom is -0.496 e. The lowest BCUT2D eigenvalue weighted by atomic mass is 10.2. The molecule has 2 heterocycles. The van der Waals surface area contributed by atoms with Gasteiger partial charge in [-0.15, -0.1) is 0 Å². The summed E-state index contributed by atoms with van der Waals surface area (Å²) in [6.45, 7) is 0. The minimum absolute atomic E-state index is 0.245. The summed E-state index contributed by atoms with van der Waals surface area (Å²) in [7, 11) is 1.54. The molecule has 0 fully saturated rings. The third-order valence-corrected chi connectivity index (χ3v) is 4.06. The van der Waals surface area contributed by atoms with Crippen LogP contribution in [0.5, 0.6) is 5.75 Å². The molecule has 0 unspecified atom stereocenters. The molecule has 0 aliphatic heterocycles. The van der Waals surface area contributed by atoms with Gasteiger partial charge in [0.2, 0.25) is 0 Å². The van der Waals surface area contributed by atoms with Crippen LogP contribution in [0.3, 0.4) is 0 Å². The van der Waals surface area contributed by atoms with Crippen LogP contribution in [-0.2, 0) is 0 Å². The number of hydrogen-bond donors (Lipinski definition) is 1. The Morgan fingerprint density at radius 1 is 1.00 bits per heavy atom. The molecule has 0 saturated carbocycles. The van der Waals surface area contributed by atoms with Gasteiger partial charge >= 0.3 is 0 Å². The second-order valence-electron chi connectivity index (χ2n) is 5.66. The summed E-state index contributed by atoms with van der Waals surface area (Å²) in [5.74, 6) is 1.01. The molecule has 0 aliphatic rings. The number of ether oxygens (including phenoxy) is 1. The van der Waals surface area contributed by atoms with Crippen molar-refractivity contribution in [1.82, 2.24) is 14.5 Å². The molecule has 6 heteroatoms. The highest BCUT2D eigenvalue weighted by atomic mass is 16.5. The molecule has 26 heavy (non-hydrogen) atoms. The van der Waals surface area contributed by atoms with Crippen molar-refractivity contribution in [3.63, 3.8) is 0 Å². The zero-order chi connectivity index (χ0) is 17.9. The van der Waals surface area contributed by atoms with E-state index in [1.165, 1.54) is 7.11 Å². The molecule has 0 aliphatic carbocycles. The predicted molar refractivity (Wildman–Crippen MR) is 99.8 cm³/mol. The van der Waals surface area contributed by atoms with Crippen LogP contribution < -0.4 is 10.1 Å². The number of hydrogen-bond acceptors (Lipinski definition) is 4. The zero-order valence-corrected chi connectivity index (χ0v) is 14.1. The Morgan fingerprint density at radius 2 is 1.81 bits per heavy atom. The highest BCUT2D eigenvalue weighted by Gasteiger charge is 2.12. The Kier molecular flexibility index (Phi) is 4.07. The molecule has 6 nitrogen and oxygen atoms in total. The van der Waals surface area contributed by atoms with Crippen molar-refractivity contribution < 1.29 is 9.53 Å². The topological polar surface area (TPSA) is 69.0 Å². The molecule has 1 N–H and O–H groups in total. The second-order valence-corrected chi connectivity index (χ2v) is 5.66. The normalized spacial score (nSPS) is 10.7. The molecule has 0 spiro atoms. The number of imidazole rings is 1. The SMILES string of the molecule is COc1ccccc1C(=O)Nc1ccc(-n2cnc3ccccc32)nc1. The number of nitrogens with one attached hydrogen (secondary N) is 1. The van der Waals surface area contributed by atoms with E-state index in [4.69, 9.17) is 4.74 Å². The van der Waals surface area contributed by atoms with Crippen LogP contribution in [0.25, 0.3) is 16.9 Å². The number of carbonyl (C=O) groups excluding carboxylic acids is 1. The van der Waals surface area contributed by atoms with Gasteiger partial charge in [-0.3, -0.25) is 9.36 Å². The third kappa shape index (κ3) is 2.88. The average Bonchev–Trinajstić information content (AvgIpc) is 3.12. The van der Waals surface area contributed by atoms with Gasteiger partial charge in [0.25, 0.3) is 5.91 Å². The number of pyridine rings is 1. The van der Waals surface area contributed by atoms with E-state index in [1.54, 1.807) is 30.7 Å². The third-order valence-electron chi connectivity index (χ3n) is 4.06. The Bertz CT molecular complexity index is 1070. The standard InChI is InChI=1S/C20H16N4O2/c1-26-18-9-5-2-6-15(18)20(25)23-14-10-11-19(21-12-14)24-13-22-16-7-3-4-8-17(16)24/h2-13H,1H3,(H,23,25). The summed E-state index contributed by atoms with van der Waals surface area (Å²) < 4.78 is 7.13. The molecular formula is C20H16N4O2. The maximum absolute atomic E-state index is 12.4. The molecule has 1 amide bonds. The Balaban J connectivity index is 1.57. The quantitative estimate of drug-likeness (QED) is 0.613. The van der Waals surface area contributed by atoms with Gasteiger partial charge in [-0.05, 0) is 36.4 Å². The van der Waals surface area contributed by atoms with Crippen LogP contribution in [0.1, 0.15) is 10.4 Å². The lowest BCUT2D eigenvalue weighted by Gasteiger charge is -2.09. The van der Waals surface area contributed by atoms with E-state index in [1.807, 2.05) is 47.0 Å².